The SMILES string of the molecule is CCC(=O)c1ccc2c(c1)Nc1c(CCCN(C)C)cccc1S2.Cl. The van der Waals surface area contributed by atoms with Gasteiger partial charge in [0.2, 0.25) is 0 Å². The Labute approximate surface area is 160 Å². The summed E-state index contributed by atoms with van der Waals surface area (Å²) < 4.78 is 0. The van der Waals surface area contributed by atoms with Crippen LogP contribution < -0.4 is 5.32 Å². The van der Waals surface area contributed by atoms with Crippen molar-refractivity contribution in [2.75, 3.05) is 26.0 Å². The molecule has 2 aromatic rings. The average Bonchev–Trinajstić information content (AvgIpc) is 2.58. The summed E-state index contributed by atoms with van der Waals surface area (Å²) in [5.74, 6) is 0.190. The highest BCUT2D eigenvalue weighted by molar-refractivity contribution is 7.99. The van der Waals surface area contributed by atoms with E-state index in [4.69, 9.17) is 0 Å². The van der Waals surface area contributed by atoms with Gasteiger partial charge in [-0.25, -0.2) is 0 Å². The predicted molar refractivity (Wildman–Crippen MR) is 109 cm³/mol. The van der Waals surface area contributed by atoms with E-state index >= 15 is 0 Å². The third-order valence-corrected chi connectivity index (χ3v) is 5.40. The summed E-state index contributed by atoms with van der Waals surface area (Å²) in [5, 5.41) is 3.58. The molecule has 0 bridgehead atoms. The standard InChI is InChI=1S/C20H24N2OS.ClH/c1-4-17(23)15-10-11-18-16(13-15)21-20-14(8-6-12-22(2)3)7-5-9-19(20)24-18;/h5,7,9-11,13,21H,4,6,8,12H2,1-3H3;1H. The van der Waals surface area contributed by atoms with Gasteiger partial charge in [0.25, 0.3) is 0 Å². The maximum absolute atomic E-state index is 12.0. The van der Waals surface area contributed by atoms with Crippen molar-refractivity contribution < 1.29 is 4.79 Å². The summed E-state index contributed by atoms with van der Waals surface area (Å²) in [6, 6.07) is 12.5. The summed E-state index contributed by atoms with van der Waals surface area (Å²) in [6.07, 6.45) is 2.73. The number of hydrogen-bond donors (Lipinski definition) is 1. The van der Waals surface area contributed by atoms with Gasteiger partial charge in [0.15, 0.2) is 5.78 Å². The third kappa shape index (κ3) is 4.57. The number of hydrogen-bond acceptors (Lipinski definition) is 4. The number of anilines is 2. The van der Waals surface area contributed by atoms with Crippen LogP contribution in [0.5, 0.6) is 0 Å². The van der Waals surface area contributed by atoms with Gasteiger partial charge >= 0.3 is 0 Å². The van der Waals surface area contributed by atoms with Gasteiger partial charge in [-0.2, -0.15) is 0 Å². The Morgan fingerprint density at radius 2 is 1.96 bits per heavy atom. The number of carbonyl (C=O) groups is 1. The molecule has 5 heteroatoms. The number of benzene rings is 2. The summed E-state index contributed by atoms with van der Waals surface area (Å²) in [4.78, 5) is 16.6. The van der Waals surface area contributed by atoms with Crippen LogP contribution >= 0.6 is 24.2 Å². The van der Waals surface area contributed by atoms with Crippen LogP contribution in [-0.2, 0) is 6.42 Å². The molecule has 0 saturated carbocycles. The van der Waals surface area contributed by atoms with Crippen LogP contribution in [0.15, 0.2) is 46.2 Å². The average molecular weight is 377 g/mol. The lowest BCUT2D eigenvalue weighted by Gasteiger charge is -2.24. The fraction of sp³-hybridized carbons (Fsp3) is 0.350. The lowest BCUT2D eigenvalue weighted by molar-refractivity contribution is 0.0988. The Hall–Kier alpha value is -1.49. The molecule has 0 spiro atoms. The third-order valence-electron chi connectivity index (χ3n) is 4.27. The largest absolute Gasteiger partial charge is 0.353 e. The molecular formula is C20H25ClN2OS. The molecular weight excluding hydrogens is 352 g/mol. The van der Waals surface area contributed by atoms with E-state index in [1.807, 2.05) is 19.1 Å². The minimum atomic E-state index is 0. The normalized spacial score (nSPS) is 12.0. The first-order valence-corrected chi connectivity index (χ1v) is 9.29. The van der Waals surface area contributed by atoms with Crippen LogP contribution in [0.25, 0.3) is 0 Å². The zero-order chi connectivity index (χ0) is 17.1. The van der Waals surface area contributed by atoms with Gasteiger partial charge in [-0.15, -0.1) is 12.4 Å². The van der Waals surface area contributed by atoms with Crippen LogP contribution in [-0.4, -0.2) is 31.3 Å². The Morgan fingerprint density at radius 1 is 1.16 bits per heavy atom. The summed E-state index contributed by atoms with van der Waals surface area (Å²) in [5.41, 5.74) is 4.39. The highest BCUT2D eigenvalue weighted by atomic mass is 35.5. The van der Waals surface area contributed by atoms with Crippen LogP contribution in [0.4, 0.5) is 11.4 Å². The summed E-state index contributed by atoms with van der Waals surface area (Å²) in [7, 11) is 4.22. The second-order valence-electron chi connectivity index (χ2n) is 6.41. The van der Waals surface area contributed by atoms with Gasteiger partial charge in [-0.1, -0.05) is 36.9 Å². The lowest BCUT2D eigenvalue weighted by atomic mass is 10.1. The van der Waals surface area contributed by atoms with Gasteiger partial charge in [-0.3, -0.25) is 4.79 Å². The van der Waals surface area contributed by atoms with Crippen molar-refractivity contribution >= 4 is 41.3 Å². The first-order valence-electron chi connectivity index (χ1n) is 8.47. The van der Waals surface area contributed by atoms with Crippen molar-refractivity contribution in [3.8, 4) is 0 Å². The number of nitrogens with one attached hydrogen (secondary N) is 1. The van der Waals surface area contributed by atoms with E-state index in [0.29, 0.717) is 6.42 Å². The molecule has 0 amide bonds. The molecule has 134 valence electrons. The summed E-state index contributed by atoms with van der Waals surface area (Å²) in [6.45, 7) is 2.99. The number of nitrogens with zero attached hydrogens (tertiary/aromatic N) is 1. The Bertz CT molecular complexity index is 761. The predicted octanol–water partition coefficient (Wildman–Crippen LogP) is 5.40. The van der Waals surface area contributed by atoms with Crippen molar-refractivity contribution in [2.45, 2.75) is 36.0 Å². The molecule has 25 heavy (non-hydrogen) atoms. The van der Waals surface area contributed by atoms with E-state index in [9.17, 15) is 4.79 Å². The van der Waals surface area contributed by atoms with Crippen molar-refractivity contribution in [1.29, 1.82) is 0 Å². The number of halogens is 1. The molecule has 0 saturated heterocycles. The van der Waals surface area contributed by atoms with E-state index in [0.717, 1.165) is 30.6 Å². The van der Waals surface area contributed by atoms with Gasteiger partial charge in [0.05, 0.1) is 11.4 Å². The Balaban J connectivity index is 0.00000225. The molecule has 3 nitrogen and oxygen atoms in total. The number of ketones is 1. The lowest BCUT2D eigenvalue weighted by Crippen LogP contribution is -2.14. The minimum absolute atomic E-state index is 0. The number of carbonyl (C=O) groups excluding carboxylic acids is 1. The van der Waals surface area contributed by atoms with Crippen molar-refractivity contribution in [3.05, 3.63) is 47.5 Å². The van der Waals surface area contributed by atoms with Crippen LogP contribution in [0.2, 0.25) is 0 Å². The fourth-order valence-electron chi connectivity index (χ4n) is 2.94. The van der Waals surface area contributed by atoms with Gasteiger partial charge in [0, 0.05) is 21.8 Å². The summed E-state index contributed by atoms with van der Waals surface area (Å²) >= 11 is 1.78. The molecule has 3 rings (SSSR count). The molecule has 0 fully saturated rings. The van der Waals surface area contributed by atoms with Crippen molar-refractivity contribution in [3.63, 3.8) is 0 Å². The van der Waals surface area contributed by atoms with E-state index < -0.39 is 0 Å². The number of aryl methyl sites for hydroxylation is 1. The molecule has 0 atom stereocenters. The molecule has 0 aromatic heterocycles. The Morgan fingerprint density at radius 3 is 2.68 bits per heavy atom. The van der Waals surface area contributed by atoms with E-state index in [1.165, 1.54) is 21.0 Å². The number of fused-ring (bicyclic) bond motifs is 2. The second-order valence-corrected chi connectivity index (χ2v) is 7.50. The smallest absolute Gasteiger partial charge is 0.162 e. The van der Waals surface area contributed by atoms with Crippen LogP contribution in [0, 0.1) is 0 Å². The molecule has 2 aromatic carbocycles. The molecule has 1 aliphatic rings. The first-order chi connectivity index (χ1) is 11.6. The molecule has 0 unspecified atom stereocenters. The number of rotatable bonds is 6. The molecule has 0 aliphatic carbocycles. The fourth-order valence-corrected chi connectivity index (χ4v) is 3.97. The highest BCUT2D eigenvalue weighted by Crippen LogP contribution is 2.46. The van der Waals surface area contributed by atoms with Gasteiger partial charge in [0.1, 0.15) is 0 Å². The monoisotopic (exact) mass is 376 g/mol. The van der Waals surface area contributed by atoms with Crippen LogP contribution in [0.3, 0.4) is 0 Å². The quantitative estimate of drug-likeness (QED) is 0.583. The zero-order valence-corrected chi connectivity index (χ0v) is 16.6. The van der Waals surface area contributed by atoms with E-state index in [2.05, 4.69) is 48.6 Å². The number of para-hydroxylation sites is 1. The maximum Gasteiger partial charge on any atom is 0.162 e. The zero-order valence-electron chi connectivity index (χ0n) is 15.0. The highest BCUT2D eigenvalue weighted by Gasteiger charge is 2.19. The van der Waals surface area contributed by atoms with Crippen LogP contribution in [0.1, 0.15) is 35.7 Å². The first kappa shape index (κ1) is 19.8. The van der Waals surface area contributed by atoms with E-state index in [1.54, 1.807) is 11.8 Å². The molecule has 0 radical (unpaired) electrons. The molecule has 1 heterocycles. The maximum atomic E-state index is 12.0. The molecule has 1 N–H and O–H groups in total. The topological polar surface area (TPSA) is 32.3 Å². The molecule has 1 aliphatic heterocycles. The minimum Gasteiger partial charge on any atom is -0.353 e. The Kier molecular flexibility index (Phi) is 6.94. The number of Topliss-reactive ketones (excluding diaryl/α,β-unsaturated/α-hetero) is 1. The van der Waals surface area contributed by atoms with Crippen molar-refractivity contribution in [2.24, 2.45) is 0 Å². The van der Waals surface area contributed by atoms with Gasteiger partial charge < -0.3 is 10.2 Å². The second kappa shape index (κ2) is 8.75. The van der Waals surface area contributed by atoms with Gasteiger partial charge in [-0.05, 0) is 57.2 Å². The van der Waals surface area contributed by atoms with Crippen molar-refractivity contribution in [1.82, 2.24) is 4.90 Å². The van der Waals surface area contributed by atoms with E-state index in [-0.39, 0.29) is 18.2 Å².